The summed E-state index contributed by atoms with van der Waals surface area (Å²) in [5.41, 5.74) is 0.817. The van der Waals surface area contributed by atoms with E-state index in [-0.39, 0.29) is 11.3 Å². The number of hydrogen-bond acceptors (Lipinski definition) is 6. The minimum Gasteiger partial charge on any atom is -0.507 e. The first-order chi connectivity index (χ1) is 14.5. The van der Waals surface area contributed by atoms with Crippen LogP contribution in [0.25, 0.3) is 5.76 Å². The van der Waals surface area contributed by atoms with E-state index in [9.17, 15) is 14.7 Å². The van der Waals surface area contributed by atoms with Crippen LogP contribution in [0.5, 0.6) is 5.75 Å². The minimum absolute atomic E-state index is 0.0395. The fraction of sp³-hybridized carbons (Fsp3) is 0.174. The molecule has 1 aliphatic rings. The van der Waals surface area contributed by atoms with Crippen LogP contribution in [0.2, 0.25) is 0 Å². The predicted molar refractivity (Wildman–Crippen MR) is 110 cm³/mol. The molecule has 1 aromatic carbocycles. The van der Waals surface area contributed by atoms with E-state index in [0.717, 1.165) is 0 Å². The number of aliphatic hydroxyl groups excluding tert-OH is 1. The molecular formula is C23H20N2O5. The van der Waals surface area contributed by atoms with Crippen LogP contribution in [0.4, 0.5) is 5.69 Å². The molecule has 1 unspecified atom stereocenters. The molecule has 30 heavy (non-hydrogen) atoms. The van der Waals surface area contributed by atoms with E-state index in [0.29, 0.717) is 35.1 Å². The number of carbonyl (C=O) groups is 2. The summed E-state index contributed by atoms with van der Waals surface area (Å²) in [5.74, 6) is -0.242. The molecule has 7 heteroatoms. The van der Waals surface area contributed by atoms with Crippen molar-refractivity contribution in [1.29, 1.82) is 0 Å². The molecule has 1 amide bonds. The van der Waals surface area contributed by atoms with Gasteiger partial charge in [-0.25, -0.2) is 0 Å². The highest BCUT2D eigenvalue weighted by Gasteiger charge is 2.48. The number of benzene rings is 1. The Labute approximate surface area is 173 Å². The van der Waals surface area contributed by atoms with Gasteiger partial charge in [0, 0.05) is 29.7 Å². The maximum Gasteiger partial charge on any atom is 0.300 e. The molecule has 0 bridgehead atoms. The number of amides is 1. The Kier molecular flexibility index (Phi) is 5.10. The van der Waals surface area contributed by atoms with E-state index in [1.165, 1.54) is 17.3 Å². The number of Topliss-reactive ketones (excluding diaryl/α,β-unsaturated/α-hetero) is 1. The highest BCUT2D eigenvalue weighted by atomic mass is 16.5. The summed E-state index contributed by atoms with van der Waals surface area (Å²) in [6.45, 7) is 4.10. The Balaban J connectivity index is 1.91. The lowest BCUT2D eigenvalue weighted by Crippen LogP contribution is -2.29. The number of nitrogens with zero attached hydrogens (tertiary/aromatic N) is 2. The van der Waals surface area contributed by atoms with Gasteiger partial charge in [-0.1, -0.05) is 6.07 Å². The van der Waals surface area contributed by atoms with Crippen molar-refractivity contribution in [3.63, 3.8) is 0 Å². The van der Waals surface area contributed by atoms with E-state index < -0.39 is 17.7 Å². The molecule has 152 valence electrons. The number of carbonyl (C=O) groups excluding carboxylic acids is 2. The molecule has 0 spiro atoms. The molecule has 0 radical (unpaired) electrons. The molecule has 4 rings (SSSR count). The largest absolute Gasteiger partial charge is 0.507 e. The average Bonchev–Trinajstić information content (AvgIpc) is 3.30. The summed E-state index contributed by atoms with van der Waals surface area (Å²) in [5, 5.41) is 10.9. The van der Waals surface area contributed by atoms with Gasteiger partial charge in [-0.15, -0.1) is 0 Å². The van der Waals surface area contributed by atoms with Gasteiger partial charge in [-0.3, -0.25) is 19.5 Å². The second kappa shape index (κ2) is 7.87. The highest BCUT2D eigenvalue weighted by molar-refractivity contribution is 6.51. The predicted octanol–water partition coefficient (Wildman–Crippen LogP) is 4.01. The van der Waals surface area contributed by atoms with Crippen LogP contribution >= 0.6 is 0 Å². The van der Waals surface area contributed by atoms with Gasteiger partial charge < -0.3 is 14.3 Å². The summed E-state index contributed by atoms with van der Waals surface area (Å²) >= 11 is 0. The first-order valence-electron chi connectivity index (χ1n) is 9.52. The van der Waals surface area contributed by atoms with Crippen LogP contribution < -0.4 is 9.64 Å². The third-order valence-electron chi connectivity index (χ3n) is 4.84. The van der Waals surface area contributed by atoms with E-state index in [2.05, 4.69) is 4.98 Å². The van der Waals surface area contributed by atoms with Gasteiger partial charge in [-0.05, 0) is 50.2 Å². The number of ether oxygens (including phenoxy) is 1. The summed E-state index contributed by atoms with van der Waals surface area (Å²) in [6.07, 6.45) is 3.01. The number of ketones is 1. The van der Waals surface area contributed by atoms with Crippen LogP contribution in [0, 0.1) is 6.92 Å². The van der Waals surface area contributed by atoms with Gasteiger partial charge in [0.25, 0.3) is 11.7 Å². The zero-order chi connectivity index (χ0) is 21.3. The Hall–Kier alpha value is -3.87. The summed E-state index contributed by atoms with van der Waals surface area (Å²) in [4.78, 5) is 31.3. The number of aromatic nitrogens is 1. The Bertz CT molecular complexity index is 1130. The molecule has 7 nitrogen and oxygen atoms in total. The molecule has 3 aromatic rings. The normalized spacial score (nSPS) is 18.1. The number of furan rings is 1. The van der Waals surface area contributed by atoms with Crippen molar-refractivity contribution < 1.29 is 23.8 Å². The molecule has 2 aromatic heterocycles. The Morgan fingerprint density at radius 2 is 1.93 bits per heavy atom. The van der Waals surface area contributed by atoms with E-state index in [1.807, 2.05) is 6.92 Å². The minimum atomic E-state index is -0.913. The SMILES string of the molecule is CCOc1cccc(N2C(=O)C(=O)/C(=C(\O)c3ccncc3)C2c2ccc(C)o2)c1. The zero-order valence-corrected chi connectivity index (χ0v) is 16.5. The molecule has 0 saturated carbocycles. The monoisotopic (exact) mass is 404 g/mol. The second-order valence-corrected chi connectivity index (χ2v) is 6.78. The van der Waals surface area contributed by atoms with Gasteiger partial charge in [0.1, 0.15) is 29.1 Å². The molecule has 1 saturated heterocycles. The molecule has 1 fully saturated rings. The zero-order valence-electron chi connectivity index (χ0n) is 16.5. The van der Waals surface area contributed by atoms with Gasteiger partial charge in [0.2, 0.25) is 0 Å². The quantitative estimate of drug-likeness (QED) is 0.392. The lowest BCUT2D eigenvalue weighted by Gasteiger charge is -2.23. The average molecular weight is 404 g/mol. The van der Waals surface area contributed by atoms with Crippen molar-refractivity contribution in [2.75, 3.05) is 11.5 Å². The maximum atomic E-state index is 13.0. The van der Waals surface area contributed by atoms with E-state index >= 15 is 0 Å². The van der Waals surface area contributed by atoms with Crippen LogP contribution in [0.15, 0.2) is 70.9 Å². The Morgan fingerprint density at radius 1 is 1.17 bits per heavy atom. The van der Waals surface area contributed by atoms with Gasteiger partial charge in [0.15, 0.2) is 0 Å². The third kappa shape index (κ3) is 3.34. The van der Waals surface area contributed by atoms with E-state index in [4.69, 9.17) is 9.15 Å². The molecule has 1 aliphatic heterocycles. The number of aryl methyl sites for hydroxylation is 1. The smallest absolute Gasteiger partial charge is 0.300 e. The molecule has 1 N–H and O–H groups in total. The van der Waals surface area contributed by atoms with Crippen molar-refractivity contribution in [2.24, 2.45) is 0 Å². The van der Waals surface area contributed by atoms with Crippen molar-refractivity contribution in [2.45, 2.75) is 19.9 Å². The number of pyridine rings is 1. The van der Waals surface area contributed by atoms with Crippen molar-refractivity contribution in [3.05, 3.63) is 83.6 Å². The first kappa shape index (κ1) is 19.4. The molecule has 1 atom stereocenters. The summed E-state index contributed by atoms with van der Waals surface area (Å²) in [6, 6.07) is 12.6. The molecule has 3 heterocycles. The second-order valence-electron chi connectivity index (χ2n) is 6.78. The molecule has 0 aliphatic carbocycles. The Morgan fingerprint density at radius 3 is 2.60 bits per heavy atom. The number of hydrogen-bond donors (Lipinski definition) is 1. The van der Waals surface area contributed by atoms with Gasteiger partial charge in [0.05, 0.1) is 12.2 Å². The third-order valence-corrected chi connectivity index (χ3v) is 4.84. The van der Waals surface area contributed by atoms with Crippen LogP contribution in [0.3, 0.4) is 0 Å². The van der Waals surface area contributed by atoms with Crippen LogP contribution in [-0.2, 0) is 9.59 Å². The maximum absolute atomic E-state index is 13.0. The highest BCUT2D eigenvalue weighted by Crippen LogP contribution is 2.43. The standard InChI is InChI=1S/C23H20N2O5/c1-3-29-17-6-4-5-16(13-17)25-20(18-8-7-14(2)30-18)19(22(27)23(25)28)21(26)15-9-11-24-12-10-15/h4-13,20,26H,3H2,1-2H3/b21-19-. The number of anilines is 1. The topological polar surface area (TPSA) is 92.9 Å². The summed E-state index contributed by atoms with van der Waals surface area (Å²) in [7, 11) is 0. The van der Waals surface area contributed by atoms with Crippen LogP contribution in [-0.4, -0.2) is 28.4 Å². The number of aliphatic hydroxyl groups is 1. The molecular weight excluding hydrogens is 384 g/mol. The van der Waals surface area contributed by atoms with Gasteiger partial charge >= 0.3 is 0 Å². The van der Waals surface area contributed by atoms with E-state index in [1.54, 1.807) is 55.5 Å². The van der Waals surface area contributed by atoms with Crippen molar-refractivity contribution in [3.8, 4) is 5.75 Å². The van der Waals surface area contributed by atoms with Crippen LogP contribution in [0.1, 0.15) is 30.0 Å². The lowest BCUT2D eigenvalue weighted by atomic mass is 9.99. The van der Waals surface area contributed by atoms with Crippen molar-refractivity contribution >= 4 is 23.1 Å². The fourth-order valence-electron chi connectivity index (χ4n) is 3.52. The lowest BCUT2D eigenvalue weighted by molar-refractivity contribution is -0.132. The van der Waals surface area contributed by atoms with Crippen molar-refractivity contribution in [1.82, 2.24) is 4.98 Å². The first-order valence-corrected chi connectivity index (χ1v) is 9.52. The van der Waals surface area contributed by atoms with Gasteiger partial charge in [-0.2, -0.15) is 0 Å². The fourth-order valence-corrected chi connectivity index (χ4v) is 3.52. The summed E-state index contributed by atoms with van der Waals surface area (Å²) < 4.78 is 11.3. The number of rotatable bonds is 5.